The van der Waals surface area contributed by atoms with Gasteiger partial charge in [-0.25, -0.2) is 4.57 Å². The number of carboxylic acids is 1. The van der Waals surface area contributed by atoms with E-state index in [-0.39, 0.29) is 12.8 Å². The molecular weight excluding hydrogens is 789 g/mol. The Morgan fingerprint density at radius 2 is 1.15 bits per heavy atom. The molecule has 6 N–H and O–H groups in total. The van der Waals surface area contributed by atoms with Gasteiger partial charge < -0.3 is 35.4 Å². The fraction of sp³-hybridized carbons (Fsp3) is 0.630. The lowest BCUT2D eigenvalue weighted by molar-refractivity contribution is -0.161. The number of hydrogen-bond donors (Lipinski definition) is 5. The number of aliphatic hydroxyl groups excluding tert-OH is 2. The molecule has 0 aromatic heterocycles. The number of aliphatic carboxylic acids is 1. The third kappa shape index (κ3) is 38.8. The molecule has 0 aromatic carbocycles. The van der Waals surface area contributed by atoms with Crippen LogP contribution >= 0.6 is 7.82 Å². The molecule has 342 valence electrons. The zero-order chi connectivity index (χ0) is 44.5. The van der Waals surface area contributed by atoms with E-state index in [1.807, 2.05) is 43.4 Å². The smallest absolute Gasteiger partial charge is 0.472 e. The number of phosphoric ester groups is 1. The first kappa shape index (κ1) is 56.6. The van der Waals surface area contributed by atoms with Crippen molar-refractivity contribution in [2.24, 2.45) is 5.73 Å². The maximum Gasteiger partial charge on any atom is 0.472 e. The van der Waals surface area contributed by atoms with Crippen LogP contribution < -0.4 is 5.73 Å². The molecule has 1 unspecified atom stereocenters. The van der Waals surface area contributed by atoms with E-state index in [1.54, 1.807) is 36.5 Å². The predicted octanol–water partition coefficient (Wildman–Crippen LogP) is 9.44. The van der Waals surface area contributed by atoms with E-state index in [9.17, 15) is 34.1 Å². The van der Waals surface area contributed by atoms with Gasteiger partial charge in [0.15, 0.2) is 6.10 Å². The van der Waals surface area contributed by atoms with E-state index < -0.39 is 69.9 Å². The van der Waals surface area contributed by atoms with Crippen molar-refractivity contribution in [3.63, 3.8) is 0 Å². The Bertz CT molecular complexity index is 1370. The number of aliphatic hydroxyl groups is 2. The first-order chi connectivity index (χ1) is 28.9. The number of unbranched alkanes of at least 4 members (excludes halogenated alkanes) is 11. The van der Waals surface area contributed by atoms with Crippen LogP contribution in [0.5, 0.6) is 0 Å². The SMILES string of the molecule is CC/C=C\C[C@@H](O)/C=C/C=C\C=C\[C@@H](O)C/C=C\C/C=C\CCC(=O)OC[C@H](COP(=O)(O)OC[C@H](N)C(=O)O)OC(=O)CCCCCCC/C=C\CCCCCCCC. The summed E-state index contributed by atoms with van der Waals surface area (Å²) >= 11 is 0. The number of esters is 2. The van der Waals surface area contributed by atoms with Gasteiger partial charge in [0.25, 0.3) is 0 Å². The number of carbonyl (C=O) groups excluding carboxylic acids is 2. The van der Waals surface area contributed by atoms with Crippen LogP contribution in [0.15, 0.2) is 85.1 Å². The molecule has 0 saturated heterocycles. The van der Waals surface area contributed by atoms with Crippen molar-refractivity contribution in [1.82, 2.24) is 0 Å². The Hall–Kier alpha value is -3.42. The number of allylic oxidation sites excluding steroid dienone is 10. The summed E-state index contributed by atoms with van der Waals surface area (Å²) in [7, 11) is -4.76. The van der Waals surface area contributed by atoms with Crippen LogP contribution in [0.3, 0.4) is 0 Å². The van der Waals surface area contributed by atoms with E-state index in [4.69, 9.17) is 24.8 Å². The fourth-order valence-electron chi connectivity index (χ4n) is 5.32. The van der Waals surface area contributed by atoms with Crippen LogP contribution in [0.2, 0.25) is 0 Å². The summed E-state index contributed by atoms with van der Waals surface area (Å²) in [6, 6.07) is -1.55. The molecule has 0 fully saturated rings. The second-order valence-electron chi connectivity index (χ2n) is 14.5. The largest absolute Gasteiger partial charge is 0.480 e. The molecule has 0 aliphatic heterocycles. The summed E-state index contributed by atoms with van der Waals surface area (Å²) in [6.07, 6.45) is 41.5. The lowest BCUT2D eigenvalue weighted by Crippen LogP contribution is -2.34. The minimum Gasteiger partial charge on any atom is -0.480 e. The van der Waals surface area contributed by atoms with Crippen molar-refractivity contribution in [3.05, 3.63) is 85.1 Å². The average Bonchev–Trinajstić information content (AvgIpc) is 3.21. The molecule has 0 radical (unpaired) electrons. The summed E-state index contributed by atoms with van der Waals surface area (Å²) in [6.45, 7) is 2.40. The van der Waals surface area contributed by atoms with Gasteiger partial charge in [0.1, 0.15) is 12.6 Å². The van der Waals surface area contributed by atoms with Gasteiger partial charge in [0.2, 0.25) is 0 Å². The standard InChI is InChI=1S/C46H76NO12P/c1-3-5-7-8-9-10-11-12-13-14-15-16-17-22-30-36-45(51)59-42(38-57-60(54,55)58-39-43(47)46(52)53)37-56-44(50)35-29-21-19-18-20-26-32-41(49)34-28-24-23-27-33-40(48)31-25-6-4-2/h6,12-13,19-21,23-28,33-34,40-43,48-49H,3-5,7-11,14-18,22,29-32,35-39,47H2,1-2H3,(H,52,53)(H,54,55)/b13-12-,21-19-,24-23-,25-6-,26-20-,33-27+,34-28+/t40-,41+,42-,43+/m1/s1. The average molecular weight is 866 g/mol. The van der Waals surface area contributed by atoms with Gasteiger partial charge in [-0.15, -0.1) is 0 Å². The maximum absolute atomic E-state index is 12.6. The molecule has 0 amide bonds. The van der Waals surface area contributed by atoms with Crippen molar-refractivity contribution in [3.8, 4) is 0 Å². The normalized spacial score (nSPS) is 15.6. The summed E-state index contributed by atoms with van der Waals surface area (Å²) in [5.41, 5.74) is 5.32. The lowest BCUT2D eigenvalue weighted by Gasteiger charge is -2.20. The highest BCUT2D eigenvalue weighted by Gasteiger charge is 2.28. The second kappa shape index (κ2) is 39.7. The van der Waals surface area contributed by atoms with Gasteiger partial charge in [-0.05, 0) is 64.2 Å². The summed E-state index contributed by atoms with van der Waals surface area (Å²) in [4.78, 5) is 45.9. The lowest BCUT2D eigenvalue weighted by atomic mass is 10.1. The molecule has 0 aliphatic carbocycles. The zero-order valence-corrected chi connectivity index (χ0v) is 37.1. The first-order valence-electron chi connectivity index (χ1n) is 21.8. The minimum atomic E-state index is -4.76. The third-order valence-corrected chi connectivity index (χ3v) is 9.76. The molecule has 0 heterocycles. The number of hydrogen-bond acceptors (Lipinski definition) is 11. The van der Waals surface area contributed by atoms with Gasteiger partial charge >= 0.3 is 25.7 Å². The van der Waals surface area contributed by atoms with E-state index in [0.29, 0.717) is 32.1 Å². The molecule has 13 nitrogen and oxygen atoms in total. The molecule has 0 bridgehead atoms. The highest BCUT2D eigenvalue weighted by atomic mass is 31.2. The van der Waals surface area contributed by atoms with Gasteiger partial charge in [-0.1, -0.05) is 150 Å². The molecule has 5 atom stereocenters. The number of phosphoric acid groups is 1. The van der Waals surface area contributed by atoms with Crippen LogP contribution in [-0.2, 0) is 37.5 Å². The highest BCUT2D eigenvalue weighted by molar-refractivity contribution is 7.47. The monoisotopic (exact) mass is 866 g/mol. The third-order valence-electron chi connectivity index (χ3n) is 8.81. The quantitative estimate of drug-likeness (QED) is 0.0128. The van der Waals surface area contributed by atoms with Crippen LogP contribution in [-0.4, -0.2) is 82.3 Å². The number of nitrogens with two attached hydrogens (primary N) is 1. The molecular formula is C46H76NO12P. The topological polar surface area (TPSA) is 212 Å². The first-order valence-corrected chi connectivity index (χ1v) is 23.3. The molecule has 0 rings (SSSR count). The summed E-state index contributed by atoms with van der Waals surface area (Å²) in [5.74, 6) is -2.59. The second-order valence-corrected chi connectivity index (χ2v) is 15.9. The molecule has 0 spiro atoms. The van der Waals surface area contributed by atoms with Crippen LogP contribution in [0.4, 0.5) is 0 Å². The van der Waals surface area contributed by atoms with Crippen LogP contribution in [0.1, 0.15) is 142 Å². The number of carbonyl (C=O) groups is 3. The van der Waals surface area contributed by atoms with Gasteiger partial charge in [0.05, 0.1) is 25.4 Å². The Kier molecular flexibility index (Phi) is 37.4. The zero-order valence-electron chi connectivity index (χ0n) is 36.2. The summed E-state index contributed by atoms with van der Waals surface area (Å²) < 4.78 is 32.5. The molecule has 0 saturated carbocycles. The van der Waals surface area contributed by atoms with E-state index in [0.717, 1.165) is 44.9 Å². The van der Waals surface area contributed by atoms with Crippen LogP contribution in [0.25, 0.3) is 0 Å². The molecule has 0 aromatic rings. The maximum atomic E-state index is 12.6. The van der Waals surface area contributed by atoms with Gasteiger partial charge in [-0.3, -0.25) is 23.4 Å². The van der Waals surface area contributed by atoms with E-state index in [1.165, 1.54) is 38.5 Å². The Balaban J connectivity index is 4.62. The van der Waals surface area contributed by atoms with Gasteiger partial charge in [0, 0.05) is 12.8 Å². The number of carboxylic acid groups (broad SMARTS) is 1. The Morgan fingerprint density at radius 3 is 1.75 bits per heavy atom. The summed E-state index contributed by atoms with van der Waals surface area (Å²) in [5, 5.41) is 28.8. The van der Waals surface area contributed by atoms with Crippen LogP contribution in [0, 0.1) is 0 Å². The predicted molar refractivity (Wildman–Crippen MR) is 238 cm³/mol. The van der Waals surface area contributed by atoms with Crippen molar-refractivity contribution in [2.45, 2.75) is 167 Å². The fourth-order valence-corrected chi connectivity index (χ4v) is 6.10. The number of rotatable bonds is 39. The highest BCUT2D eigenvalue weighted by Crippen LogP contribution is 2.43. The van der Waals surface area contributed by atoms with E-state index >= 15 is 0 Å². The molecule has 14 heteroatoms. The van der Waals surface area contributed by atoms with Crippen molar-refractivity contribution >= 4 is 25.7 Å². The van der Waals surface area contributed by atoms with Crippen molar-refractivity contribution in [1.29, 1.82) is 0 Å². The van der Waals surface area contributed by atoms with Gasteiger partial charge in [-0.2, -0.15) is 0 Å². The van der Waals surface area contributed by atoms with Crippen molar-refractivity contribution in [2.75, 3.05) is 19.8 Å². The Morgan fingerprint density at radius 1 is 0.617 bits per heavy atom. The molecule has 60 heavy (non-hydrogen) atoms. The molecule has 0 aliphatic rings. The van der Waals surface area contributed by atoms with Crippen molar-refractivity contribution < 1.29 is 57.7 Å². The minimum absolute atomic E-state index is 0.0341. The van der Waals surface area contributed by atoms with E-state index in [2.05, 4.69) is 23.6 Å². The Labute approximate surface area is 359 Å². The number of ether oxygens (including phenoxy) is 2.